The maximum Gasteiger partial charge on any atom is 0.303 e. The topological polar surface area (TPSA) is 100 Å². The van der Waals surface area contributed by atoms with Gasteiger partial charge in [0, 0.05) is 43.4 Å². The van der Waals surface area contributed by atoms with Crippen molar-refractivity contribution in [2.45, 2.75) is 36.4 Å². The molecule has 0 amide bonds. The minimum absolute atomic E-state index is 0.0143. The molecule has 11 heteroatoms. The highest BCUT2D eigenvalue weighted by molar-refractivity contribution is 7.99. The number of carboxylic acid groups (broad SMARTS) is 1. The van der Waals surface area contributed by atoms with Crippen molar-refractivity contribution in [3.05, 3.63) is 89.1 Å². The van der Waals surface area contributed by atoms with Crippen molar-refractivity contribution >= 4 is 28.6 Å². The summed E-state index contributed by atoms with van der Waals surface area (Å²) in [5.41, 5.74) is -1.31. The van der Waals surface area contributed by atoms with Crippen LogP contribution in [0.25, 0.3) is 22.3 Å². The van der Waals surface area contributed by atoms with Gasteiger partial charge in [-0.1, -0.05) is 18.2 Å². The van der Waals surface area contributed by atoms with E-state index in [9.17, 15) is 14.3 Å². The van der Waals surface area contributed by atoms with Crippen molar-refractivity contribution in [3.8, 4) is 28.6 Å². The number of thioether (sulfide) groups is 1. The number of fused-ring (bicyclic) bond motifs is 2. The number of aromatic amines is 2. The molecule has 6 rings (SSSR count). The summed E-state index contributed by atoms with van der Waals surface area (Å²) in [5.74, 6) is -5.32. The van der Waals surface area contributed by atoms with Crippen LogP contribution in [0, 0.1) is 17.5 Å². The number of benzene rings is 3. The Morgan fingerprint density at radius 1 is 1.21 bits per heavy atom. The number of carbonyl (C=O) groups is 1. The molecule has 1 aliphatic rings. The zero-order valence-electron chi connectivity index (χ0n) is 27.7. The Kier molecular flexibility index (Phi) is 5.48. The van der Waals surface area contributed by atoms with Gasteiger partial charge in [0.2, 0.25) is 5.82 Å². The van der Waals surface area contributed by atoms with Crippen molar-refractivity contribution in [3.63, 3.8) is 0 Å². The number of aromatic nitrogens is 3. The third kappa shape index (κ3) is 4.67. The van der Waals surface area contributed by atoms with Gasteiger partial charge in [0.15, 0.2) is 11.6 Å². The molecule has 5 aromatic rings. The minimum atomic E-state index is -2.68. The number of aryl methyl sites for hydroxylation is 1. The number of hydrogen-bond acceptors (Lipinski definition) is 5. The maximum absolute atomic E-state index is 15.3. The Morgan fingerprint density at radius 3 is 2.90 bits per heavy atom. The predicted octanol–water partition coefficient (Wildman–Crippen LogP) is 7.60. The van der Waals surface area contributed by atoms with E-state index in [0.717, 1.165) is 18.2 Å². The Morgan fingerprint density at radius 2 is 2.10 bits per heavy atom. The highest BCUT2D eigenvalue weighted by Crippen LogP contribution is 2.46. The van der Waals surface area contributed by atoms with Gasteiger partial charge in [0.1, 0.15) is 23.1 Å². The molecule has 0 saturated heterocycles. The second-order valence-corrected chi connectivity index (χ2v) is 10.3. The average molecular weight is 600 g/mol. The number of rotatable bonds is 8. The SMILES string of the molecule is [2H]C([2H])([2H])Sc1c(Oc2ccc(F)c(-c3nc([C@]4(C([2H])([2H])[2H])CCOc5c(CCC(=O)O)cccc54)c[nH]3)c2)c(F)c(F)c2[nH]ccc12. The lowest BCUT2D eigenvalue weighted by Gasteiger charge is -2.35. The Labute approximate surface area is 251 Å². The summed E-state index contributed by atoms with van der Waals surface area (Å²) in [6.07, 6.45) is -0.0996. The number of aliphatic carboxylic acids is 1. The molecule has 0 saturated carbocycles. The van der Waals surface area contributed by atoms with Crippen LogP contribution in [0.15, 0.2) is 59.8 Å². The number of H-pyrrole nitrogens is 2. The molecular formula is C31H26F3N3O4S. The molecular weight excluding hydrogens is 567 g/mol. The summed E-state index contributed by atoms with van der Waals surface area (Å²) < 4.78 is 106. The van der Waals surface area contributed by atoms with Crippen molar-refractivity contribution in [2.24, 2.45) is 0 Å². The lowest BCUT2D eigenvalue weighted by atomic mass is 9.74. The Balaban J connectivity index is 1.42. The quantitative estimate of drug-likeness (QED) is 0.159. The number of nitrogens with one attached hydrogen (secondary N) is 2. The first-order valence-electron chi connectivity index (χ1n) is 15.8. The summed E-state index contributed by atoms with van der Waals surface area (Å²) in [6, 6.07) is 9.52. The Hall–Kier alpha value is -4.38. The van der Waals surface area contributed by atoms with E-state index < -0.39 is 47.6 Å². The molecule has 216 valence electrons. The van der Waals surface area contributed by atoms with E-state index in [1.807, 2.05) is 0 Å². The molecule has 3 N–H and O–H groups in total. The fourth-order valence-electron chi connectivity index (χ4n) is 5.15. The maximum atomic E-state index is 15.3. The molecule has 0 spiro atoms. The average Bonchev–Trinajstić information content (AvgIpc) is 3.71. The monoisotopic (exact) mass is 599 g/mol. The lowest BCUT2D eigenvalue weighted by molar-refractivity contribution is -0.136. The third-order valence-corrected chi connectivity index (χ3v) is 7.84. The van der Waals surface area contributed by atoms with E-state index in [2.05, 4.69) is 15.0 Å². The van der Waals surface area contributed by atoms with Crippen LogP contribution >= 0.6 is 11.8 Å². The van der Waals surface area contributed by atoms with Crippen LogP contribution < -0.4 is 9.47 Å². The van der Waals surface area contributed by atoms with E-state index in [4.69, 9.17) is 17.7 Å². The molecule has 1 atom stereocenters. The van der Waals surface area contributed by atoms with Gasteiger partial charge < -0.3 is 24.5 Å². The van der Waals surface area contributed by atoms with E-state index in [1.165, 1.54) is 18.5 Å². The molecule has 0 fully saturated rings. The number of para-hydroxylation sites is 1. The second-order valence-electron chi connectivity index (χ2n) is 9.72. The van der Waals surface area contributed by atoms with Crippen LogP contribution in [-0.4, -0.2) is 38.8 Å². The first-order chi connectivity index (χ1) is 22.6. The molecule has 42 heavy (non-hydrogen) atoms. The zero-order valence-corrected chi connectivity index (χ0v) is 22.5. The normalized spacial score (nSPS) is 19.0. The molecule has 0 radical (unpaired) electrons. The van der Waals surface area contributed by atoms with Crippen molar-refractivity contribution < 1.29 is 40.8 Å². The van der Waals surface area contributed by atoms with Gasteiger partial charge in [-0.05, 0) is 55.7 Å². The van der Waals surface area contributed by atoms with Gasteiger partial charge in [0.25, 0.3) is 0 Å². The fraction of sp³-hybridized carbons (Fsp3) is 0.226. The van der Waals surface area contributed by atoms with Gasteiger partial charge in [-0.25, -0.2) is 13.8 Å². The van der Waals surface area contributed by atoms with Crippen molar-refractivity contribution in [1.29, 1.82) is 0 Å². The van der Waals surface area contributed by atoms with Crippen LogP contribution in [0.5, 0.6) is 17.2 Å². The third-order valence-electron chi connectivity index (χ3n) is 7.23. The summed E-state index contributed by atoms with van der Waals surface area (Å²) in [6.45, 7) is -2.69. The van der Waals surface area contributed by atoms with E-state index >= 15 is 8.78 Å². The largest absolute Gasteiger partial charge is 0.493 e. The van der Waals surface area contributed by atoms with Crippen LogP contribution in [0.4, 0.5) is 13.2 Å². The number of carboxylic acids is 1. The molecule has 3 aromatic carbocycles. The number of hydrogen-bond donors (Lipinski definition) is 3. The van der Waals surface area contributed by atoms with Crippen molar-refractivity contribution in [2.75, 3.05) is 12.8 Å². The van der Waals surface area contributed by atoms with E-state index in [0.29, 0.717) is 17.3 Å². The number of halogens is 3. The summed E-state index contributed by atoms with van der Waals surface area (Å²) in [7, 11) is 0. The van der Waals surface area contributed by atoms with E-state index in [1.54, 1.807) is 18.2 Å². The fourth-order valence-corrected chi connectivity index (χ4v) is 5.65. The number of nitrogens with zero attached hydrogens (tertiary/aromatic N) is 1. The zero-order chi connectivity index (χ0) is 34.6. The highest BCUT2D eigenvalue weighted by Gasteiger charge is 2.38. The molecule has 3 heterocycles. The predicted molar refractivity (Wildman–Crippen MR) is 153 cm³/mol. The van der Waals surface area contributed by atoms with Crippen LogP contribution in [0.2, 0.25) is 0 Å². The van der Waals surface area contributed by atoms with Gasteiger partial charge in [-0.15, -0.1) is 11.8 Å². The number of ether oxygens (including phenoxy) is 2. The standard InChI is InChI=1S/C31H26F3N3O4S/c1-31(11-13-40-27-16(6-9-23(38)39)4-3-5-20(27)31)22-15-36-30(37-22)19-14-17(7-8-21(19)32)41-28-25(34)24(33)26-18(10-12-35-26)29(28)42-2/h3-5,7-8,10,12,14-15,35H,6,9,11,13H2,1-2H3,(H,36,37)(H,38,39)/t31-/m1/s1/i1D3,2D3. The van der Waals surface area contributed by atoms with Gasteiger partial charge in [0.05, 0.1) is 28.3 Å². The van der Waals surface area contributed by atoms with Crippen molar-refractivity contribution in [1.82, 2.24) is 15.0 Å². The van der Waals surface area contributed by atoms with Gasteiger partial charge in [-0.3, -0.25) is 4.79 Å². The first kappa shape index (κ1) is 21.3. The smallest absolute Gasteiger partial charge is 0.303 e. The van der Waals surface area contributed by atoms with Gasteiger partial charge >= 0.3 is 5.97 Å². The number of imidazole rings is 1. The van der Waals surface area contributed by atoms with Crippen LogP contribution in [-0.2, 0) is 16.6 Å². The lowest BCUT2D eigenvalue weighted by Crippen LogP contribution is -2.32. The molecule has 1 aliphatic heterocycles. The molecule has 0 unspecified atom stereocenters. The molecule has 7 nitrogen and oxygen atoms in total. The molecule has 0 bridgehead atoms. The van der Waals surface area contributed by atoms with E-state index in [-0.39, 0.29) is 75.8 Å². The second kappa shape index (κ2) is 10.8. The summed E-state index contributed by atoms with van der Waals surface area (Å²) in [5, 5.41) is 9.27. The van der Waals surface area contributed by atoms with Gasteiger partial charge in [-0.2, -0.15) is 4.39 Å². The first-order valence-corrected chi connectivity index (χ1v) is 13.6. The van der Waals surface area contributed by atoms with Crippen LogP contribution in [0.3, 0.4) is 0 Å². The minimum Gasteiger partial charge on any atom is -0.493 e. The molecule has 0 aliphatic carbocycles. The summed E-state index contributed by atoms with van der Waals surface area (Å²) in [4.78, 5) is 20.9. The molecule has 2 aromatic heterocycles. The highest BCUT2D eigenvalue weighted by atomic mass is 32.2. The Bertz CT molecular complexity index is 2050. The van der Waals surface area contributed by atoms with Crippen LogP contribution in [0.1, 0.15) is 44.7 Å². The summed E-state index contributed by atoms with van der Waals surface area (Å²) >= 11 is 0.291.